The largest absolute Gasteiger partial charge is 0.481 e. The smallest absolute Gasteiger partial charge is 0.304 e. The summed E-state index contributed by atoms with van der Waals surface area (Å²) >= 11 is 5.77. The predicted octanol–water partition coefficient (Wildman–Crippen LogP) is 2.47. The van der Waals surface area contributed by atoms with Gasteiger partial charge in [0, 0.05) is 17.3 Å². The molecular formula is C14H19ClN2O3. The van der Waals surface area contributed by atoms with Gasteiger partial charge < -0.3 is 10.4 Å². The molecule has 0 aromatic heterocycles. The van der Waals surface area contributed by atoms with Crippen molar-refractivity contribution in [2.45, 2.75) is 19.8 Å². The summed E-state index contributed by atoms with van der Waals surface area (Å²) < 4.78 is 0. The van der Waals surface area contributed by atoms with Crippen molar-refractivity contribution in [3.8, 4) is 0 Å². The average Bonchev–Trinajstić information content (AvgIpc) is 2.39. The zero-order valence-electron chi connectivity index (χ0n) is 11.4. The number of carboxylic acids is 1. The van der Waals surface area contributed by atoms with Gasteiger partial charge in [-0.2, -0.15) is 0 Å². The first-order chi connectivity index (χ1) is 9.51. The quantitative estimate of drug-likeness (QED) is 0.773. The Morgan fingerprint density at radius 3 is 2.45 bits per heavy atom. The van der Waals surface area contributed by atoms with Crippen LogP contribution in [-0.4, -0.2) is 41.5 Å². The highest BCUT2D eigenvalue weighted by Gasteiger charge is 2.11. The summed E-state index contributed by atoms with van der Waals surface area (Å²) in [5.41, 5.74) is 0.675. The normalized spacial score (nSPS) is 10.6. The summed E-state index contributed by atoms with van der Waals surface area (Å²) in [5.74, 6) is -1.02. The fraction of sp³-hybridized carbons (Fsp3) is 0.429. The van der Waals surface area contributed by atoms with Crippen LogP contribution in [0.5, 0.6) is 0 Å². The number of benzene rings is 1. The van der Waals surface area contributed by atoms with Gasteiger partial charge in [0.25, 0.3) is 0 Å². The molecule has 0 spiro atoms. The molecule has 1 rings (SSSR count). The van der Waals surface area contributed by atoms with Gasteiger partial charge in [-0.1, -0.05) is 18.5 Å². The third-order valence-electron chi connectivity index (χ3n) is 2.68. The van der Waals surface area contributed by atoms with Crippen molar-refractivity contribution in [2.75, 3.05) is 25.0 Å². The summed E-state index contributed by atoms with van der Waals surface area (Å²) in [6.45, 7) is 3.24. The Morgan fingerprint density at radius 1 is 1.25 bits per heavy atom. The van der Waals surface area contributed by atoms with Gasteiger partial charge in [-0.25, -0.2) is 0 Å². The highest BCUT2D eigenvalue weighted by molar-refractivity contribution is 6.30. The van der Waals surface area contributed by atoms with Crippen molar-refractivity contribution >= 4 is 29.2 Å². The topological polar surface area (TPSA) is 69.6 Å². The van der Waals surface area contributed by atoms with Gasteiger partial charge in [0.05, 0.1) is 13.0 Å². The Morgan fingerprint density at radius 2 is 1.90 bits per heavy atom. The molecule has 2 N–H and O–H groups in total. The van der Waals surface area contributed by atoms with Crippen LogP contribution in [0.15, 0.2) is 24.3 Å². The van der Waals surface area contributed by atoms with E-state index in [4.69, 9.17) is 16.7 Å². The van der Waals surface area contributed by atoms with Crippen LogP contribution in [-0.2, 0) is 9.59 Å². The van der Waals surface area contributed by atoms with E-state index in [1.165, 1.54) is 0 Å². The summed E-state index contributed by atoms with van der Waals surface area (Å²) in [6.07, 6.45) is 0.905. The van der Waals surface area contributed by atoms with E-state index < -0.39 is 5.97 Å². The number of carbonyl (C=O) groups excluding carboxylic acids is 1. The Labute approximate surface area is 123 Å². The lowest BCUT2D eigenvalue weighted by molar-refractivity contribution is -0.137. The first-order valence-corrected chi connectivity index (χ1v) is 6.88. The molecule has 0 aliphatic heterocycles. The van der Waals surface area contributed by atoms with Crippen LogP contribution in [0.3, 0.4) is 0 Å². The standard InChI is InChI=1S/C14H19ClN2O3/c1-2-8-17(9-7-14(19)20)10-13(18)16-12-5-3-11(15)4-6-12/h3-6H,2,7-10H2,1H3,(H,16,18)(H,19,20). The lowest BCUT2D eigenvalue weighted by Gasteiger charge is -2.20. The molecule has 0 aliphatic rings. The Bertz CT molecular complexity index is 448. The van der Waals surface area contributed by atoms with Gasteiger partial charge in [-0.3, -0.25) is 14.5 Å². The minimum atomic E-state index is -0.857. The summed E-state index contributed by atoms with van der Waals surface area (Å²) in [4.78, 5) is 24.3. The minimum Gasteiger partial charge on any atom is -0.481 e. The van der Waals surface area contributed by atoms with E-state index in [1.54, 1.807) is 24.3 Å². The molecule has 110 valence electrons. The van der Waals surface area contributed by atoms with E-state index in [0.29, 0.717) is 23.8 Å². The maximum absolute atomic E-state index is 11.9. The second-order valence-corrected chi connectivity index (χ2v) is 4.91. The van der Waals surface area contributed by atoms with Gasteiger partial charge in [0.15, 0.2) is 0 Å². The highest BCUT2D eigenvalue weighted by atomic mass is 35.5. The lowest BCUT2D eigenvalue weighted by Crippen LogP contribution is -2.35. The maximum atomic E-state index is 11.9. The molecule has 0 saturated heterocycles. The van der Waals surface area contributed by atoms with Crippen molar-refractivity contribution in [1.29, 1.82) is 0 Å². The first kappa shape index (κ1) is 16.5. The molecular weight excluding hydrogens is 280 g/mol. The number of aliphatic carboxylic acids is 1. The van der Waals surface area contributed by atoms with Crippen LogP contribution in [0, 0.1) is 0 Å². The van der Waals surface area contributed by atoms with Gasteiger partial charge in [0.2, 0.25) is 5.91 Å². The molecule has 0 saturated carbocycles. The molecule has 1 aromatic rings. The molecule has 6 heteroatoms. The number of carboxylic acid groups (broad SMARTS) is 1. The van der Waals surface area contributed by atoms with E-state index in [2.05, 4.69) is 5.32 Å². The third-order valence-corrected chi connectivity index (χ3v) is 2.93. The number of hydrogen-bond donors (Lipinski definition) is 2. The molecule has 0 radical (unpaired) electrons. The zero-order chi connectivity index (χ0) is 15.0. The Kier molecular flexibility index (Phi) is 7.04. The Balaban J connectivity index is 2.48. The molecule has 0 bridgehead atoms. The molecule has 0 aliphatic carbocycles. The molecule has 1 aromatic carbocycles. The van der Waals surface area contributed by atoms with E-state index in [9.17, 15) is 9.59 Å². The van der Waals surface area contributed by atoms with Gasteiger partial charge in [0.1, 0.15) is 0 Å². The second kappa shape index (κ2) is 8.55. The molecule has 0 fully saturated rings. The summed E-state index contributed by atoms with van der Waals surface area (Å²) in [6, 6.07) is 6.85. The molecule has 5 nitrogen and oxygen atoms in total. The minimum absolute atomic E-state index is 0.0359. The van der Waals surface area contributed by atoms with Crippen molar-refractivity contribution in [1.82, 2.24) is 4.90 Å². The van der Waals surface area contributed by atoms with Gasteiger partial charge in [-0.15, -0.1) is 0 Å². The van der Waals surface area contributed by atoms with Crippen LogP contribution >= 0.6 is 11.6 Å². The number of rotatable bonds is 8. The SMILES string of the molecule is CCCN(CCC(=O)O)CC(=O)Nc1ccc(Cl)cc1. The molecule has 0 unspecified atom stereocenters. The van der Waals surface area contributed by atoms with Gasteiger partial charge in [-0.05, 0) is 37.2 Å². The van der Waals surface area contributed by atoms with E-state index in [-0.39, 0.29) is 18.9 Å². The van der Waals surface area contributed by atoms with E-state index >= 15 is 0 Å². The molecule has 20 heavy (non-hydrogen) atoms. The Hall–Kier alpha value is -1.59. The van der Waals surface area contributed by atoms with Gasteiger partial charge >= 0.3 is 5.97 Å². The average molecular weight is 299 g/mol. The maximum Gasteiger partial charge on any atom is 0.304 e. The predicted molar refractivity (Wildman–Crippen MR) is 79.1 cm³/mol. The summed E-state index contributed by atoms with van der Waals surface area (Å²) in [7, 11) is 0. The number of halogens is 1. The first-order valence-electron chi connectivity index (χ1n) is 6.51. The molecule has 1 amide bonds. The van der Waals surface area contributed by atoms with Crippen molar-refractivity contribution in [2.24, 2.45) is 0 Å². The van der Waals surface area contributed by atoms with Crippen molar-refractivity contribution < 1.29 is 14.7 Å². The van der Waals surface area contributed by atoms with Crippen LogP contribution < -0.4 is 5.32 Å². The third kappa shape index (κ3) is 6.54. The monoisotopic (exact) mass is 298 g/mol. The molecule has 0 atom stereocenters. The zero-order valence-corrected chi connectivity index (χ0v) is 12.2. The number of carbonyl (C=O) groups is 2. The second-order valence-electron chi connectivity index (χ2n) is 4.47. The number of hydrogen-bond acceptors (Lipinski definition) is 3. The van der Waals surface area contributed by atoms with Crippen LogP contribution in [0.4, 0.5) is 5.69 Å². The van der Waals surface area contributed by atoms with Crippen LogP contribution in [0.2, 0.25) is 5.02 Å². The van der Waals surface area contributed by atoms with Crippen LogP contribution in [0.25, 0.3) is 0 Å². The van der Waals surface area contributed by atoms with Crippen LogP contribution in [0.1, 0.15) is 19.8 Å². The molecule has 0 heterocycles. The van der Waals surface area contributed by atoms with E-state index in [1.807, 2.05) is 11.8 Å². The number of nitrogens with one attached hydrogen (secondary N) is 1. The van der Waals surface area contributed by atoms with Crippen molar-refractivity contribution in [3.05, 3.63) is 29.3 Å². The fourth-order valence-corrected chi connectivity index (χ4v) is 1.90. The number of anilines is 1. The number of nitrogens with zero attached hydrogens (tertiary/aromatic N) is 1. The fourth-order valence-electron chi connectivity index (χ4n) is 1.78. The van der Waals surface area contributed by atoms with E-state index in [0.717, 1.165) is 6.42 Å². The highest BCUT2D eigenvalue weighted by Crippen LogP contribution is 2.13. The van der Waals surface area contributed by atoms with Crippen molar-refractivity contribution in [3.63, 3.8) is 0 Å². The number of amides is 1. The summed E-state index contributed by atoms with van der Waals surface area (Å²) in [5, 5.41) is 12.1. The lowest BCUT2D eigenvalue weighted by atomic mass is 10.3.